The standard InChI is InChI=1S/C10H14Br2Cl2/c1-10(2)8(14)5-7(13)6(3-4-11)9(10)12/h3,7-9H,4-5H2,1-2H3/b6-3-/t7-,8-,9+/m0/s1. The molecule has 1 aliphatic carbocycles. The molecule has 0 aromatic rings. The van der Waals surface area contributed by atoms with Crippen molar-refractivity contribution < 1.29 is 0 Å². The van der Waals surface area contributed by atoms with E-state index < -0.39 is 0 Å². The summed E-state index contributed by atoms with van der Waals surface area (Å²) in [6.07, 6.45) is 2.98. The second-order valence-corrected chi connectivity index (χ2v) is 6.83. The molecule has 0 N–H and O–H groups in total. The minimum atomic E-state index is 0.0565. The molecule has 1 rings (SSSR count). The average molecular weight is 365 g/mol. The summed E-state index contributed by atoms with van der Waals surface area (Å²) in [6, 6.07) is 0. The van der Waals surface area contributed by atoms with Crippen LogP contribution >= 0.6 is 55.1 Å². The van der Waals surface area contributed by atoms with Crippen LogP contribution < -0.4 is 0 Å². The quantitative estimate of drug-likeness (QED) is 0.466. The van der Waals surface area contributed by atoms with Crippen molar-refractivity contribution in [2.24, 2.45) is 5.41 Å². The summed E-state index contributed by atoms with van der Waals surface area (Å²) in [5, 5.41) is 1.03. The highest BCUT2D eigenvalue weighted by molar-refractivity contribution is 9.09. The van der Waals surface area contributed by atoms with Gasteiger partial charge in [0.2, 0.25) is 0 Å². The van der Waals surface area contributed by atoms with Gasteiger partial charge in [0.15, 0.2) is 0 Å². The van der Waals surface area contributed by atoms with Crippen LogP contribution in [-0.2, 0) is 0 Å². The molecule has 0 unspecified atom stereocenters. The Balaban J connectivity index is 2.95. The molecule has 1 fully saturated rings. The molecule has 0 nitrogen and oxygen atoms in total. The lowest BCUT2D eigenvalue weighted by atomic mass is 9.74. The first-order valence-electron chi connectivity index (χ1n) is 4.59. The third kappa shape index (κ3) is 2.50. The molecule has 0 aliphatic heterocycles. The first kappa shape index (κ1) is 13.3. The van der Waals surface area contributed by atoms with E-state index in [1.54, 1.807) is 0 Å². The van der Waals surface area contributed by atoms with E-state index in [0.29, 0.717) is 0 Å². The molecular formula is C10H14Br2Cl2. The molecule has 0 spiro atoms. The summed E-state index contributed by atoms with van der Waals surface area (Å²) < 4.78 is 0. The van der Waals surface area contributed by atoms with E-state index in [0.717, 1.165) is 11.8 Å². The van der Waals surface area contributed by atoms with Gasteiger partial charge in [0.05, 0.1) is 5.38 Å². The Bertz CT molecular complexity index is 238. The lowest BCUT2D eigenvalue weighted by Crippen LogP contribution is -2.43. The van der Waals surface area contributed by atoms with Crippen LogP contribution in [0.2, 0.25) is 0 Å². The lowest BCUT2D eigenvalue weighted by molar-refractivity contribution is 0.313. The van der Waals surface area contributed by atoms with Gasteiger partial charge in [0.25, 0.3) is 0 Å². The minimum Gasteiger partial charge on any atom is -0.122 e. The van der Waals surface area contributed by atoms with Gasteiger partial charge in [-0.3, -0.25) is 0 Å². The number of allylic oxidation sites excluding steroid dienone is 2. The predicted molar refractivity (Wildman–Crippen MR) is 72.3 cm³/mol. The largest absolute Gasteiger partial charge is 0.122 e. The average Bonchev–Trinajstić information content (AvgIpc) is 2.10. The molecular weight excluding hydrogens is 351 g/mol. The Hall–Kier alpha value is 1.28. The van der Waals surface area contributed by atoms with Crippen molar-refractivity contribution in [1.29, 1.82) is 0 Å². The Morgan fingerprint density at radius 3 is 2.57 bits per heavy atom. The first-order chi connectivity index (χ1) is 6.41. The van der Waals surface area contributed by atoms with Crippen molar-refractivity contribution in [3.8, 4) is 0 Å². The van der Waals surface area contributed by atoms with Gasteiger partial charge >= 0.3 is 0 Å². The molecule has 0 bridgehead atoms. The molecule has 1 saturated carbocycles. The maximum Gasteiger partial charge on any atom is 0.0570 e. The highest BCUT2D eigenvalue weighted by Gasteiger charge is 2.44. The Labute approximate surface area is 113 Å². The van der Waals surface area contributed by atoms with E-state index in [-0.39, 0.29) is 21.0 Å². The molecule has 0 radical (unpaired) electrons. The number of halogens is 4. The number of hydrogen-bond donors (Lipinski definition) is 0. The van der Waals surface area contributed by atoms with Crippen LogP contribution in [0.1, 0.15) is 20.3 Å². The SMILES string of the molecule is CC1(C)[C@H](Br)/C(=C\CBr)[C@@H](Cl)C[C@@H]1Cl. The number of hydrogen-bond acceptors (Lipinski definition) is 0. The fraction of sp³-hybridized carbons (Fsp3) is 0.800. The highest BCUT2D eigenvalue weighted by Crippen LogP contribution is 2.47. The maximum atomic E-state index is 6.31. The highest BCUT2D eigenvalue weighted by atomic mass is 79.9. The van der Waals surface area contributed by atoms with Crippen molar-refractivity contribution >= 4 is 55.1 Å². The fourth-order valence-corrected chi connectivity index (χ4v) is 3.98. The van der Waals surface area contributed by atoms with Gasteiger partial charge in [0.1, 0.15) is 0 Å². The van der Waals surface area contributed by atoms with Crippen LogP contribution in [-0.4, -0.2) is 20.9 Å². The molecule has 0 amide bonds. The van der Waals surface area contributed by atoms with Gasteiger partial charge in [-0.2, -0.15) is 0 Å². The van der Waals surface area contributed by atoms with Crippen molar-refractivity contribution in [3.05, 3.63) is 11.6 Å². The zero-order valence-corrected chi connectivity index (χ0v) is 12.9. The lowest BCUT2D eigenvalue weighted by Gasteiger charge is -2.43. The predicted octanol–water partition coefficient (Wildman–Crippen LogP) is 4.72. The van der Waals surface area contributed by atoms with Gasteiger partial charge in [-0.05, 0) is 17.4 Å². The van der Waals surface area contributed by atoms with Crippen LogP contribution in [0.15, 0.2) is 11.6 Å². The van der Waals surface area contributed by atoms with Gasteiger partial charge in [-0.1, -0.05) is 51.8 Å². The zero-order valence-electron chi connectivity index (χ0n) is 8.24. The maximum absolute atomic E-state index is 6.31. The molecule has 3 atom stereocenters. The van der Waals surface area contributed by atoms with Crippen LogP contribution in [0.25, 0.3) is 0 Å². The van der Waals surface area contributed by atoms with E-state index in [1.807, 2.05) is 0 Å². The van der Waals surface area contributed by atoms with E-state index in [4.69, 9.17) is 23.2 Å². The Morgan fingerprint density at radius 1 is 1.50 bits per heavy atom. The van der Waals surface area contributed by atoms with Crippen molar-refractivity contribution in [3.63, 3.8) is 0 Å². The third-order valence-corrected chi connectivity index (χ3v) is 6.04. The summed E-state index contributed by atoms with van der Waals surface area (Å²) in [7, 11) is 0. The van der Waals surface area contributed by atoms with E-state index >= 15 is 0 Å². The number of rotatable bonds is 1. The van der Waals surface area contributed by atoms with E-state index in [2.05, 4.69) is 51.8 Å². The van der Waals surface area contributed by atoms with Crippen LogP contribution in [0.5, 0.6) is 0 Å². The first-order valence-corrected chi connectivity index (χ1v) is 7.50. The molecule has 0 aromatic heterocycles. The summed E-state index contributed by atoms with van der Waals surface area (Å²) in [5.41, 5.74) is 1.31. The van der Waals surface area contributed by atoms with Gasteiger partial charge in [-0.25, -0.2) is 0 Å². The van der Waals surface area contributed by atoms with E-state index in [9.17, 15) is 0 Å². The monoisotopic (exact) mass is 362 g/mol. The van der Waals surface area contributed by atoms with E-state index in [1.165, 1.54) is 5.57 Å². The summed E-state index contributed by atoms with van der Waals surface area (Å²) in [4.78, 5) is 0.270. The molecule has 82 valence electrons. The summed E-state index contributed by atoms with van der Waals surface area (Å²) in [6.45, 7) is 4.35. The van der Waals surface area contributed by atoms with Gasteiger partial charge in [-0.15, -0.1) is 23.2 Å². The summed E-state index contributed by atoms with van der Waals surface area (Å²) in [5.74, 6) is 0. The second-order valence-electron chi connectivity index (χ2n) is 4.21. The normalized spacial score (nSPS) is 40.1. The topological polar surface area (TPSA) is 0 Å². The van der Waals surface area contributed by atoms with Crippen LogP contribution in [0.3, 0.4) is 0 Å². The smallest absolute Gasteiger partial charge is 0.0570 e. The summed E-state index contributed by atoms with van der Waals surface area (Å²) >= 11 is 19.7. The van der Waals surface area contributed by atoms with Crippen LogP contribution in [0, 0.1) is 5.41 Å². The minimum absolute atomic E-state index is 0.0565. The number of alkyl halides is 4. The van der Waals surface area contributed by atoms with Crippen LogP contribution in [0.4, 0.5) is 0 Å². The van der Waals surface area contributed by atoms with Gasteiger partial charge < -0.3 is 0 Å². The zero-order chi connectivity index (χ0) is 10.9. The molecule has 4 heteroatoms. The third-order valence-electron chi connectivity index (χ3n) is 2.84. The second kappa shape index (κ2) is 5.07. The van der Waals surface area contributed by atoms with Crippen molar-refractivity contribution in [2.45, 2.75) is 35.8 Å². The Morgan fingerprint density at radius 2 is 2.07 bits per heavy atom. The Kier molecular flexibility index (Phi) is 4.84. The fourth-order valence-electron chi connectivity index (χ4n) is 1.69. The molecule has 1 aliphatic rings. The van der Waals surface area contributed by atoms with Gasteiger partial charge in [0, 0.05) is 15.5 Å². The molecule has 14 heavy (non-hydrogen) atoms. The molecule has 0 heterocycles. The van der Waals surface area contributed by atoms with Crippen molar-refractivity contribution in [2.75, 3.05) is 5.33 Å². The molecule has 0 aromatic carbocycles. The van der Waals surface area contributed by atoms with Crippen molar-refractivity contribution in [1.82, 2.24) is 0 Å². The molecule has 0 saturated heterocycles.